The molecule has 0 amide bonds. The third-order valence-electron chi connectivity index (χ3n) is 3.60. The van der Waals surface area contributed by atoms with E-state index in [-0.39, 0.29) is 0 Å². The third-order valence-corrected chi connectivity index (χ3v) is 3.60. The van der Waals surface area contributed by atoms with Crippen molar-refractivity contribution in [2.45, 2.75) is 12.8 Å². The second kappa shape index (κ2) is 6.88. The predicted octanol–water partition coefficient (Wildman–Crippen LogP) is 4.68. The Morgan fingerprint density at radius 1 is 1.08 bits per heavy atom. The van der Waals surface area contributed by atoms with Crippen molar-refractivity contribution in [2.24, 2.45) is 0 Å². The van der Waals surface area contributed by atoms with Crippen molar-refractivity contribution in [3.05, 3.63) is 66.0 Å². The van der Waals surface area contributed by atoms with Crippen molar-refractivity contribution < 1.29 is 22.6 Å². The maximum atomic E-state index is 12.6. The largest absolute Gasteiger partial charge is 0.497 e. The zero-order chi connectivity index (χ0) is 17.9. The van der Waals surface area contributed by atoms with Gasteiger partial charge in [-0.3, -0.25) is 0 Å². The van der Waals surface area contributed by atoms with Crippen LogP contribution in [0.1, 0.15) is 11.1 Å². The highest BCUT2D eigenvalue weighted by atomic mass is 19.4. The highest BCUT2D eigenvalue weighted by molar-refractivity contribution is 5.59. The molecule has 0 aliphatic rings. The summed E-state index contributed by atoms with van der Waals surface area (Å²) in [7, 11) is 1.60. The lowest BCUT2D eigenvalue weighted by Gasteiger charge is -2.07. The van der Waals surface area contributed by atoms with E-state index in [0.29, 0.717) is 23.7 Å². The van der Waals surface area contributed by atoms with Gasteiger partial charge in [-0.25, -0.2) is 4.98 Å². The molecule has 0 spiro atoms. The maximum Gasteiger partial charge on any atom is 0.417 e. The number of nitrogens with one attached hydrogen (secondary N) is 1. The first kappa shape index (κ1) is 16.9. The van der Waals surface area contributed by atoms with Gasteiger partial charge in [0.05, 0.1) is 12.7 Å². The fourth-order valence-electron chi connectivity index (χ4n) is 2.23. The summed E-state index contributed by atoms with van der Waals surface area (Å²) < 4.78 is 48.5. The van der Waals surface area contributed by atoms with Crippen LogP contribution < -0.4 is 9.47 Å². The lowest BCUT2D eigenvalue weighted by Crippen LogP contribution is -2.02. The number of benzene rings is 1. The van der Waals surface area contributed by atoms with Crippen molar-refractivity contribution >= 4 is 0 Å². The molecule has 0 bridgehead atoms. The van der Waals surface area contributed by atoms with Crippen LogP contribution in [0, 0.1) is 0 Å². The van der Waals surface area contributed by atoms with Gasteiger partial charge < -0.3 is 14.5 Å². The second-order valence-electron chi connectivity index (χ2n) is 5.32. The Morgan fingerprint density at radius 2 is 1.84 bits per heavy atom. The first-order chi connectivity index (χ1) is 12.0. The van der Waals surface area contributed by atoms with Gasteiger partial charge in [-0.2, -0.15) is 13.2 Å². The lowest BCUT2D eigenvalue weighted by molar-refractivity contribution is -0.137. The molecule has 0 unspecified atom stereocenters. The van der Waals surface area contributed by atoms with Crippen LogP contribution in [0.25, 0.3) is 11.3 Å². The van der Waals surface area contributed by atoms with Gasteiger partial charge in [0.15, 0.2) is 0 Å². The summed E-state index contributed by atoms with van der Waals surface area (Å²) in [4.78, 5) is 6.73. The van der Waals surface area contributed by atoms with E-state index in [9.17, 15) is 13.2 Å². The summed E-state index contributed by atoms with van der Waals surface area (Å²) in [5.74, 6) is 1.15. The average Bonchev–Trinajstić information content (AvgIpc) is 3.11. The molecular formula is C18H15F3N2O2. The predicted molar refractivity (Wildman–Crippen MR) is 86.4 cm³/mol. The molecule has 4 nitrogen and oxygen atoms in total. The van der Waals surface area contributed by atoms with E-state index in [0.717, 1.165) is 23.6 Å². The molecule has 2 aromatic heterocycles. The highest BCUT2D eigenvalue weighted by Gasteiger charge is 2.31. The van der Waals surface area contributed by atoms with Gasteiger partial charge in [-0.1, -0.05) is 12.1 Å². The molecule has 3 aromatic rings. The molecule has 0 saturated carbocycles. The standard InChI is InChI=1S/C18H15F3N2O2/c1-24-15-5-2-12(3-6-15)11-25-17-7-4-13(9-23-17)16-8-14(10-22-16)18(19,20)21/h2-10,22H,11H2,1H3. The number of aromatic nitrogens is 2. The molecule has 1 N–H and O–H groups in total. The van der Waals surface area contributed by atoms with Crippen molar-refractivity contribution in [3.8, 4) is 22.9 Å². The molecule has 0 atom stereocenters. The van der Waals surface area contributed by atoms with Crippen LogP contribution in [0.3, 0.4) is 0 Å². The third kappa shape index (κ3) is 4.12. The number of pyridine rings is 1. The van der Waals surface area contributed by atoms with Crippen LogP contribution in [0.2, 0.25) is 0 Å². The van der Waals surface area contributed by atoms with E-state index < -0.39 is 11.7 Å². The van der Waals surface area contributed by atoms with Crippen LogP contribution in [0.4, 0.5) is 13.2 Å². The van der Waals surface area contributed by atoms with E-state index in [4.69, 9.17) is 9.47 Å². The van der Waals surface area contributed by atoms with E-state index in [1.165, 1.54) is 6.20 Å². The number of methoxy groups -OCH3 is 1. The van der Waals surface area contributed by atoms with Gasteiger partial charge in [0.1, 0.15) is 12.4 Å². The van der Waals surface area contributed by atoms with Gasteiger partial charge in [-0.15, -0.1) is 0 Å². The number of hydrogen-bond acceptors (Lipinski definition) is 3. The normalized spacial score (nSPS) is 11.4. The zero-order valence-corrected chi connectivity index (χ0v) is 13.3. The molecule has 3 rings (SSSR count). The number of H-pyrrole nitrogens is 1. The zero-order valence-electron chi connectivity index (χ0n) is 13.3. The summed E-state index contributed by atoms with van der Waals surface area (Å²) in [6.07, 6.45) is -1.97. The van der Waals surface area contributed by atoms with E-state index in [1.807, 2.05) is 24.3 Å². The van der Waals surface area contributed by atoms with Crippen molar-refractivity contribution in [1.29, 1.82) is 0 Å². The van der Waals surface area contributed by atoms with Crippen LogP contribution in [-0.2, 0) is 12.8 Å². The first-order valence-corrected chi connectivity index (χ1v) is 7.43. The fraction of sp³-hybridized carbons (Fsp3) is 0.167. The minimum atomic E-state index is -4.37. The Kier molecular flexibility index (Phi) is 4.65. The number of alkyl halides is 3. The van der Waals surface area contributed by atoms with Crippen LogP contribution in [0.15, 0.2) is 54.9 Å². The van der Waals surface area contributed by atoms with Gasteiger partial charge in [-0.05, 0) is 29.8 Å². The molecule has 0 fully saturated rings. The Morgan fingerprint density at radius 3 is 2.40 bits per heavy atom. The Balaban J connectivity index is 1.64. The molecule has 2 heterocycles. The molecule has 0 saturated heterocycles. The Labute approximate surface area is 142 Å². The van der Waals surface area contributed by atoms with Crippen molar-refractivity contribution in [1.82, 2.24) is 9.97 Å². The number of halogens is 3. The Bertz CT molecular complexity index is 825. The minimum absolute atomic E-state index is 0.330. The number of ether oxygens (including phenoxy) is 2. The van der Waals surface area contributed by atoms with Gasteiger partial charge in [0.2, 0.25) is 5.88 Å². The number of hydrogen-bond donors (Lipinski definition) is 1. The van der Waals surface area contributed by atoms with Gasteiger partial charge in [0.25, 0.3) is 0 Å². The SMILES string of the molecule is COc1ccc(COc2ccc(-c3cc(C(F)(F)F)c[nH]3)cn2)cc1. The molecular weight excluding hydrogens is 333 g/mol. The number of aromatic amines is 1. The van der Waals surface area contributed by atoms with Crippen molar-refractivity contribution in [3.63, 3.8) is 0 Å². The summed E-state index contributed by atoms with van der Waals surface area (Å²) in [6.45, 7) is 0.330. The summed E-state index contributed by atoms with van der Waals surface area (Å²) in [5, 5.41) is 0. The number of nitrogens with zero attached hydrogens (tertiary/aromatic N) is 1. The van der Waals surface area contributed by atoms with Crippen molar-refractivity contribution in [2.75, 3.05) is 7.11 Å². The van der Waals surface area contributed by atoms with Gasteiger partial charge >= 0.3 is 6.18 Å². The monoisotopic (exact) mass is 348 g/mol. The maximum absolute atomic E-state index is 12.6. The summed E-state index contributed by atoms with van der Waals surface area (Å²) in [6, 6.07) is 11.7. The lowest BCUT2D eigenvalue weighted by atomic mass is 10.2. The summed E-state index contributed by atoms with van der Waals surface area (Å²) >= 11 is 0. The molecule has 1 aromatic carbocycles. The molecule has 25 heavy (non-hydrogen) atoms. The Hall–Kier alpha value is -2.96. The molecule has 0 radical (unpaired) electrons. The molecule has 7 heteroatoms. The molecule has 130 valence electrons. The molecule has 0 aliphatic carbocycles. The molecule has 0 aliphatic heterocycles. The van der Waals surface area contributed by atoms with Crippen LogP contribution in [-0.4, -0.2) is 17.1 Å². The quantitative estimate of drug-likeness (QED) is 0.728. The van der Waals surface area contributed by atoms with E-state index in [2.05, 4.69) is 9.97 Å². The second-order valence-corrected chi connectivity index (χ2v) is 5.32. The highest BCUT2D eigenvalue weighted by Crippen LogP contribution is 2.32. The number of rotatable bonds is 5. The fourth-order valence-corrected chi connectivity index (χ4v) is 2.23. The summed E-state index contributed by atoms with van der Waals surface area (Å²) in [5.41, 5.74) is 1.13. The average molecular weight is 348 g/mol. The minimum Gasteiger partial charge on any atom is -0.497 e. The van der Waals surface area contributed by atoms with Crippen LogP contribution in [0.5, 0.6) is 11.6 Å². The van der Waals surface area contributed by atoms with Crippen LogP contribution >= 0.6 is 0 Å². The van der Waals surface area contributed by atoms with E-state index >= 15 is 0 Å². The van der Waals surface area contributed by atoms with Gasteiger partial charge in [0, 0.05) is 29.7 Å². The van der Waals surface area contributed by atoms with E-state index in [1.54, 1.807) is 19.2 Å². The first-order valence-electron chi connectivity index (χ1n) is 7.43. The smallest absolute Gasteiger partial charge is 0.417 e. The topological polar surface area (TPSA) is 47.1 Å².